The molecule has 1 heterocycles. The van der Waals surface area contributed by atoms with Gasteiger partial charge in [0.15, 0.2) is 0 Å². The Balaban J connectivity index is 1.89. The first-order valence-electron chi connectivity index (χ1n) is 6.18. The summed E-state index contributed by atoms with van der Waals surface area (Å²) in [6.07, 6.45) is 0. The van der Waals surface area contributed by atoms with Crippen LogP contribution in [0.5, 0.6) is 0 Å². The average molecular weight is 317 g/mol. The fraction of sp³-hybridized carbons (Fsp3) is 0.538. The number of benzene rings is 1. The molecule has 1 aliphatic rings. The second-order valence-corrected chi connectivity index (χ2v) is 5.43. The van der Waals surface area contributed by atoms with E-state index in [2.05, 4.69) is 25.7 Å². The summed E-state index contributed by atoms with van der Waals surface area (Å²) in [4.78, 5) is 4.56. The van der Waals surface area contributed by atoms with Gasteiger partial charge in [0.05, 0.1) is 6.61 Å². The molecular formula is C13H18BrFN2O. The second-order valence-electron chi connectivity index (χ2n) is 4.58. The van der Waals surface area contributed by atoms with E-state index < -0.39 is 0 Å². The van der Waals surface area contributed by atoms with Crippen LogP contribution >= 0.6 is 15.9 Å². The zero-order valence-electron chi connectivity index (χ0n) is 10.3. The number of rotatable bonds is 4. The van der Waals surface area contributed by atoms with Crippen molar-refractivity contribution in [1.29, 1.82) is 0 Å². The lowest BCUT2D eigenvalue weighted by Gasteiger charge is -2.34. The molecule has 1 saturated heterocycles. The van der Waals surface area contributed by atoms with Gasteiger partial charge in [-0.25, -0.2) is 4.39 Å². The van der Waals surface area contributed by atoms with Crippen LogP contribution in [0.15, 0.2) is 22.7 Å². The fourth-order valence-corrected chi connectivity index (χ4v) is 2.59. The van der Waals surface area contributed by atoms with Gasteiger partial charge in [-0.15, -0.1) is 0 Å². The molecule has 1 N–H and O–H groups in total. The first-order valence-corrected chi connectivity index (χ1v) is 6.98. The molecule has 0 bridgehead atoms. The van der Waals surface area contributed by atoms with Crippen molar-refractivity contribution in [3.63, 3.8) is 0 Å². The molecular weight excluding hydrogens is 299 g/mol. The van der Waals surface area contributed by atoms with Crippen LogP contribution in [-0.2, 0) is 6.54 Å². The lowest BCUT2D eigenvalue weighted by Crippen LogP contribution is -2.46. The molecule has 0 saturated carbocycles. The predicted octanol–water partition coefficient (Wildman–Crippen LogP) is 1.70. The lowest BCUT2D eigenvalue weighted by molar-refractivity contribution is 0.108. The highest BCUT2D eigenvalue weighted by Crippen LogP contribution is 2.20. The molecule has 0 radical (unpaired) electrons. The third-order valence-electron chi connectivity index (χ3n) is 3.28. The summed E-state index contributed by atoms with van der Waals surface area (Å²) in [6, 6.07) is 4.81. The van der Waals surface area contributed by atoms with E-state index in [1.54, 1.807) is 12.1 Å². The maximum absolute atomic E-state index is 13.2. The van der Waals surface area contributed by atoms with Gasteiger partial charge in [-0.2, -0.15) is 0 Å². The average Bonchev–Trinajstić information content (AvgIpc) is 2.37. The Morgan fingerprint density at radius 3 is 2.50 bits per heavy atom. The highest BCUT2D eigenvalue weighted by molar-refractivity contribution is 9.10. The summed E-state index contributed by atoms with van der Waals surface area (Å²) < 4.78 is 14.1. The Morgan fingerprint density at radius 2 is 1.83 bits per heavy atom. The highest BCUT2D eigenvalue weighted by Gasteiger charge is 2.17. The monoisotopic (exact) mass is 316 g/mol. The maximum Gasteiger partial charge on any atom is 0.123 e. The second kappa shape index (κ2) is 6.61. The summed E-state index contributed by atoms with van der Waals surface area (Å²) in [6.45, 7) is 5.59. The van der Waals surface area contributed by atoms with E-state index in [0.29, 0.717) is 0 Å². The predicted molar refractivity (Wildman–Crippen MR) is 72.9 cm³/mol. The molecule has 1 aliphatic heterocycles. The van der Waals surface area contributed by atoms with Gasteiger partial charge >= 0.3 is 0 Å². The summed E-state index contributed by atoms with van der Waals surface area (Å²) in [5.41, 5.74) is 0.991. The smallest absolute Gasteiger partial charge is 0.123 e. The van der Waals surface area contributed by atoms with Crippen molar-refractivity contribution in [2.24, 2.45) is 0 Å². The Labute approximate surface area is 115 Å². The molecule has 0 spiro atoms. The molecule has 0 unspecified atom stereocenters. The van der Waals surface area contributed by atoms with Crippen LogP contribution in [0.2, 0.25) is 0 Å². The minimum Gasteiger partial charge on any atom is -0.395 e. The summed E-state index contributed by atoms with van der Waals surface area (Å²) >= 11 is 3.46. The van der Waals surface area contributed by atoms with Crippen molar-refractivity contribution >= 4 is 15.9 Å². The third-order valence-corrected chi connectivity index (χ3v) is 4.06. The van der Waals surface area contributed by atoms with Crippen molar-refractivity contribution < 1.29 is 9.50 Å². The Bertz CT molecular complexity index is 395. The van der Waals surface area contributed by atoms with Crippen LogP contribution < -0.4 is 0 Å². The SMILES string of the molecule is OCCN1CCN(Cc2cc(F)ccc2Br)CC1. The van der Waals surface area contributed by atoms with E-state index in [1.165, 1.54) is 6.07 Å². The van der Waals surface area contributed by atoms with Crippen LogP contribution in [0.1, 0.15) is 5.56 Å². The van der Waals surface area contributed by atoms with E-state index in [1.807, 2.05) is 0 Å². The third kappa shape index (κ3) is 3.75. The topological polar surface area (TPSA) is 26.7 Å². The summed E-state index contributed by atoms with van der Waals surface area (Å²) in [5.74, 6) is -0.188. The van der Waals surface area contributed by atoms with E-state index in [0.717, 1.165) is 49.3 Å². The van der Waals surface area contributed by atoms with Crippen molar-refractivity contribution in [2.75, 3.05) is 39.3 Å². The van der Waals surface area contributed by atoms with Gasteiger partial charge < -0.3 is 5.11 Å². The molecule has 100 valence electrons. The quantitative estimate of drug-likeness (QED) is 0.916. The van der Waals surface area contributed by atoms with Gasteiger partial charge in [0, 0.05) is 43.7 Å². The van der Waals surface area contributed by atoms with Gasteiger partial charge in [-0.05, 0) is 23.8 Å². The number of halogens is 2. The van der Waals surface area contributed by atoms with Gasteiger partial charge in [0.1, 0.15) is 5.82 Å². The van der Waals surface area contributed by atoms with Gasteiger partial charge in [-0.1, -0.05) is 15.9 Å². The standard InChI is InChI=1S/C13H18BrFN2O/c14-13-2-1-12(15)9-11(13)10-17-5-3-16(4-6-17)7-8-18/h1-2,9,18H,3-8,10H2. The molecule has 0 amide bonds. The molecule has 1 fully saturated rings. The normalized spacial score (nSPS) is 18.2. The van der Waals surface area contributed by atoms with E-state index in [-0.39, 0.29) is 12.4 Å². The van der Waals surface area contributed by atoms with E-state index >= 15 is 0 Å². The van der Waals surface area contributed by atoms with Crippen LogP contribution in [0.25, 0.3) is 0 Å². The number of aliphatic hydroxyl groups is 1. The van der Waals surface area contributed by atoms with Crippen LogP contribution in [0.3, 0.4) is 0 Å². The summed E-state index contributed by atoms with van der Waals surface area (Å²) in [7, 11) is 0. The number of piperazine rings is 1. The minimum atomic E-state index is -0.188. The molecule has 5 heteroatoms. The number of nitrogens with zero attached hydrogens (tertiary/aromatic N) is 2. The highest BCUT2D eigenvalue weighted by atomic mass is 79.9. The molecule has 18 heavy (non-hydrogen) atoms. The largest absolute Gasteiger partial charge is 0.395 e. The Hall–Kier alpha value is -0.490. The Kier molecular flexibility index (Phi) is 5.12. The zero-order chi connectivity index (χ0) is 13.0. The van der Waals surface area contributed by atoms with E-state index in [4.69, 9.17) is 5.11 Å². The first kappa shape index (κ1) is 13.9. The van der Waals surface area contributed by atoms with Crippen LogP contribution in [-0.4, -0.2) is 54.2 Å². The van der Waals surface area contributed by atoms with Crippen LogP contribution in [0.4, 0.5) is 4.39 Å². The van der Waals surface area contributed by atoms with Crippen molar-refractivity contribution in [1.82, 2.24) is 9.80 Å². The van der Waals surface area contributed by atoms with Crippen molar-refractivity contribution in [2.45, 2.75) is 6.54 Å². The van der Waals surface area contributed by atoms with Gasteiger partial charge in [0.25, 0.3) is 0 Å². The minimum absolute atomic E-state index is 0.188. The molecule has 0 atom stereocenters. The fourth-order valence-electron chi connectivity index (χ4n) is 2.22. The first-order chi connectivity index (χ1) is 8.69. The molecule has 2 rings (SSSR count). The number of β-amino-alcohol motifs (C(OH)–C–C–N with tert-alkyl or cyclic N) is 1. The Morgan fingerprint density at radius 1 is 1.17 bits per heavy atom. The molecule has 1 aromatic rings. The molecule has 0 aliphatic carbocycles. The number of hydrogen-bond acceptors (Lipinski definition) is 3. The molecule has 0 aromatic heterocycles. The van der Waals surface area contributed by atoms with Crippen molar-refractivity contribution in [3.05, 3.63) is 34.1 Å². The number of aliphatic hydroxyl groups excluding tert-OH is 1. The molecule has 1 aromatic carbocycles. The zero-order valence-corrected chi connectivity index (χ0v) is 11.9. The van der Waals surface area contributed by atoms with Gasteiger partial charge in [-0.3, -0.25) is 9.80 Å². The molecule has 3 nitrogen and oxygen atoms in total. The van der Waals surface area contributed by atoms with Crippen molar-refractivity contribution in [3.8, 4) is 0 Å². The maximum atomic E-state index is 13.2. The van der Waals surface area contributed by atoms with E-state index in [9.17, 15) is 4.39 Å². The van der Waals surface area contributed by atoms with Crippen LogP contribution in [0, 0.1) is 5.82 Å². The lowest BCUT2D eigenvalue weighted by atomic mass is 10.2. The number of hydrogen-bond donors (Lipinski definition) is 1. The summed E-state index contributed by atoms with van der Waals surface area (Å²) in [5, 5.41) is 8.88. The van der Waals surface area contributed by atoms with Gasteiger partial charge in [0.2, 0.25) is 0 Å².